The molecular formula is C25H24N4O2S. The lowest BCUT2D eigenvalue weighted by atomic mass is 10.1. The number of thiophene rings is 1. The number of nitrogens with zero attached hydrogens (tertiary/aromatic N) is 3. The van der Waals surface area contributed by atoms with Gasteiger partial charge in [-0.15, -0.1) is 11.3 Å². The van der Waals surface area contributed by atoms with Crippen LogP contribution in [-0.4, -0.2) is 28.5 Å². The topological polar surface area (TPSA) is 67.2 Å². The van der Waals surface area contributed by atoms with Crippen LogP contribution in [0.4, 0.5) is 11.4 Å². The van der Waals surface area contributed by atoms with Crippen molar-refractivity contribution in [1.29, 1.82) is 0 Å². The second kappa shape index (κ2) is 8.59. The van der Waals surface area contributed by atoms with Crippen LogP contribution in [0.3, 0.4) is 0 Å². The molecule has 0 unspecified atom stereocenters. The van der Waals surface area contributed by atoms with E-state index in [-0.39, 0.29) is 18.0 Å². The Morgan fingerprint density at radius 1 is 1.12 bits per heavy atom. The van der Waals surface area contributed by atoms with E-state index in [1.165, 1.54) is 40.8 Å². The molecule has 0 atom stereocenters. The largest absolute Gasteiger partial charge is 0.372 e. The minimum absolute atomic E-state index is 0.0842. The summed E-state index contributed by atoms with van der Waals surface area (Å²) in [6.07, 6.45) is 3.90. The summed E-state index contributed by atoms with van der Waals surface area (Å²) in [7, 11) is 0. The van der Waals surface area contributed by atoms with Crippen molar-refractivity contribution in [3.8, 4) is 11.1 Å². The molecule has 0 aliphatic carbocycles. The molecule has 1 aliphatic rings. The maximum atomic E-state index is 13.2. The predicted molar refractivity (Wildman–Crippen MR) is 131 cm³/mol. The quantitative estimate of drug-likeness (QED) is 0.486. The SMILES string of the molecule is Cc1cc(N2CCCC2)ccc1NC(=O)Cn1cnc2scc(-c3ccccc3)c2c1=O. The number of amides is 1. The fourth-order valence-corrected chi connectivity index (χ4v) is 5.12. The van der Waals surface area contributed by atoms with Gasteiger partial charge in [-0.2, -0.15) is 0 Å². The fourth-order valence-electron chi connectivity index (χ4n) is 4.21. The van der Waals surface area contributed by atoms with Gasteiger partial charge in [0.1, 0.15) is 11.4 Å². The summed E-state index contributed by atoms with van der Waals surface area (Å²) >= 11 is 1.44. The highest BCUT2D eigenvalue weighted by atomic mass is 32.1. The maximum Gasteiger partial charge on any atom is 0.263 e. The highest BCUT2D eigenvalue weighted by Crippen LogP contribution is 2.30. The molecule has 1 fully saturated rings. The van der Waals surface area contributed by atoms with Crippen LogP contribution in [0, 0.1) is 6.92 Å². The van der Waals surface area contributed by atoms with Crippen molar-refractivity contribution in [1.82, 2.24) is 9.55 Å². The molecule has 5 rings (SSSR count). The summed E-state index contributed by atoms with van der Waals surface area (Å²) < 4.78 is 1.38. The van der Waals surface area contributed by atoms with Crippen LogP contribution in [0.1, 0.15) is 18.4 Å². The minimum atomic E-state index is -0.248. The van der Waals surface area contributed by atoms with Gasteiger partial charge in [0.2, 0.25) is 5.91 Å². The zero-order valence-corrected chi connectivity index (χ0v) is 18.7. The van der Waals surface area contributed by atoms with E-state index in [9.17, 15) is 9.59 Å². The van der Waals surface area contributed by atoms with Crippen molar-refractivity contribution in [2.24, 2.45) is 0 Å². The van der Waals surface area contributed by atoms with E-state index in [1.807, 2.05) is 54.8 Å². The monoisotopic (exact) mass is 444 g/mol. The van der Waals surface area contributed by atoms with E-state index in [1.54, 1.807) is 0 Å². The molecule has 1 amide bonds. The van der Waals surface area contributed by atoms with E-state index in [0.29, 0.717) is 10.2 Å². The third-order valence-electron chi connectivity index (χ3n) is 5.91. The van der Waals surface area contributed by atoms with E-state index in [0.717, 1.165) is 35.5 Å². The van der Waals surface area contributed by atoms with Crippen molar-refractivity contribution in [2.75, 3.05) is 23.3 Å². The number of anilines is 2. The van der Waals surface area contributed by atoms with Crippen LogP contribution in [-0.2, 0) is 11.3 Å². The lowest BCUT2D eigenvalue weighted by Gasteiger charge is -2.19. The standard InChI is InChI=1S/C25H24N4O2S/c1-17-13-19(28-11-5-6-12-28)9-10-21(17)27-22(30)14-29-16-26-24-23(25(29)31)20(15-32-24)18-7-3-2-4-8-18/h2-4,7-10,13,15-16H,5-6,11-12,14H2,1H3,(H,27,30). The number of rotatable bonds is 5. The third kappa shape index (κ3) is 3.91. The Bertz CT molecular complexity index is 1340. The van der Waals surface area contributed by atoms with Gasteiger partial charge in [-0.3, -0.25) is 14.2 Å². The van der Waals surface area contributed by atoms with Crippen molar-refractivity contribution < 1.29 is 4.79 Å². The molecule has 7 heteroatoms. The molecule has 3 heterocycles. The zero-order valence-electron chi connectivity index (χ0n) is 17.9. The number of benzene rings is 2. The summed E-state index contributed by atoms with van der Waals surface area (Å²) in [4.78, 5) is 33.4. The van der Waals surface area contributed by atoms with Crippen molar-refractivity contribution in [2.45, 2.75) is 26.3 Å². The average Bonchev–Trinajstić information content (AvgIpc) is 3.48. The molecule has 2 aromatic heterocycles. The Morgan fingerprint density at radius 2 is 1.91 bits per heavy atom. The third-order valence-corrected chi connectivity index (χ3v) is 6.80. The maximum absolute atomic E-state index is 13.2. The molecule has 4 aromatic rings. The number of fused-ring (bicyclic) bond motifs is 1. The van der Waals surface area contributed by atoms with Crippen LogP contribution in [0.5, 0.6) is 0 Å². The second-order valence-electron chi connectivity index (χ2n) is 8.11. The molecule has 1 saturated heterocycles. The Labute approximate surface area is 190 Å². The fraction of sp³-hybridized carbons (Fsp3) is 0.240. The minimum Gasteiger partial charge on any atom is -0.372 e. The number of aryl methyl sites for hydroxylation is 1. The molecule has 162 valence electrons. The van der Waals surface area contributed by atoms with Gasteiger partial charge in [0.05, 0.1) is 11.7 Å². The summed E-state index contributed by atoms with van der Waals surface area (Å²) in [6.45, 7) is 4.07. The Hall–Kier alpha value is -3.45. The predicted octanol–water partition coefficient (Wildman–Crippen LogP) is 4.67. The first-order valence-corrected chi connectivity index (χ1v) is 11.7. The zero-order chi connectivity index (χ0) is 22.1. The van der Waals surface area contributed by atoms with Crippen molar-refractivity contribution in [3.05, 3.63) is 76.2 Å². The van der Waals surface area contributed by atoms with Crippen LogP contribution in [0.15, 0.2) is 65.0 Å². The van der Waals surface area contributed by atoms with Gasteiger partial charge >= 0.3 is 0 Å². The number of hydrogen-bond acceptors (Lipinski definition) is 5. The summed E-state index contributed by atoms with van der Waals surface area (Å²) in [6, 6.07) is 15.9. The van der Waals surface area contributed by atoms with Crippen LogP contribution in [0.25, 0.3) is 21.3 Å². The number of nitrogens with one attached hydrogen (secondary N) is 1. The molecule has 0 spiro atoms. The smallest absolute Gasteiger partial charge is 0.263 e. The number of aromatic nitrogens is 2. The Balaban J connectivity index is 1.37. The molecular weight excluding hydrogens is 420 g/mol. The second-order valence-corrected chi connectivity index (χ2v) is 8.97. The first kappa shape index (κ1) is 20.5. The molecule has 0 radical (unpaired) electrons. The molecule has 2 aromatic carbocycles. The number of carbonyl (C=O) groups excluding carboxylic acids is 1. The van der Waals surface area contributed by atoms with Gasteiger partial charge in [0, 0.05) is 35.4 Å². The van der Waals surface area contributed by atoms with Crippen LogP contribution < -0.4 is 15.8 Å². The highest BCUT2D eigenvalue weighted by molar-refractivity contribution is 7.17. The summed E-state index contributed by atoms with van der Waals surface area (Å²) in [5.41, 5.74) is 4.58. The van der Waals surface area contributed by atoms with E-state index in [4.69, 9.17) is 0 Å². The molecule has 6 nitrogen and oxygen atoms in total. The first-order valence-electron chi connectivity index (χ1n) is 10.8. The Morgan fingerprint density at radius 3 is 2.66 bits per heavy atom. The van der Waals surface area contributed by atoms with Crippen molar-refractivity contribution >= 4 is 38.8 Å². The van der Waals surface area contributed by atoms with Crippen LogP contribution in [0.2, 0.25) is 0 Å². The van der Waals surface area contributed by atoms with Gasteiger partial charge in [0.15, 0.2) is 0 Å². The van der Waals surface area contributed by atoms with E-state index in [2.05, 4.69) is 21.3 Å². The molecule has 1 N–H and O–H groups in total. The summed E-state index contributed by atoms with van der Waals surface area (Å²) in [5.74, 6) is -0.248. The van der Waals surface area contributed by atoms with E-state index >= 15 is 0 Å². The van der Waals surface area contributed by atoms with Crippen molar-refractivity contribution in [3.63, 3.8) is 0 Å². The number of carbonyl (C=O) groups is 1. The van der Waals surface area contributed by atoms with Gasteiger partial charge < -0.3 is 10.2 Å². The van der Waals surface area contributed by atoms with Gasteiger partial charge in [-0.1, -0.05) is 30.3 Å². The lowest BCUT2D eigenvalue weighted by Crippen LogP contribution is -2.28. The molecule has 1 aliphatic heterocycles. The van der Waals surface area contributed by atoms with E-state index < -0.39 is 0 Å². The van der Waals surface area contributed by atoms with Crippen LogP contribution >= 0.6 is 11.3 Å². The molecule has 32 heavy (non-hydrogen) atoms. The first-order chi connectivity index (χ1) is 15.6. The molecule has 0 saturated carbocycles. The highest BCUT2D eigenvalue weighted by Gasteiger charge is 2.16. The average molecular weight is 445 g/mol. The van der Waals surface area contributed by atoms with Gasteiger partial charge in [-0.25, -0.2) is 4.98 Å². The molecule has 0 bridgehead atoms. The number of hydrogen-bond donors (Lipinski definition) is 1. The lowest BCUT2D eigenvalue weighted by molar-refractivity contribution is -0.116. The summed E-state index contributed by atoms with van der Waals surface area (Å²) in [5, 5.41) is 5.46. The normalized spacial score (nSPS) is 13.6. The Kier molecular flexibility index (Phi) is 5.49. The van der Waals surface area contributed by atoms with Gasteiger partial charge in [-0.05, 0) is 49.1 Å². The van der Waals surface area contributed by atoms with Gasteiger partial charge in [0.25, 0.3) is 5.56 Å².